The van der Waals surface area contributed by atoms with Crippen molar-refractivity contribution in [2.45, 2.75) is 13.2 Å². The van der Waals surface area contributed by atoms with Crippen LogP contribution in [0.3, 0.4) is 0 Å². The summed E-state index contributed by atoms with van der Waals surface area (Å²) in [6.07, 6.45) is 0. The Hall–Kier alpha value is -1.98. The first-order valence-corrected chi connectivity index (χ1v) is 9.77. The van der Waals surface area contributed by atoms with Gasteiger partial charge in [0.05, 0.1) is 7.11 Å². The summed E-state index contributed by atoms with van der Waals surface area (Å²) >= 11 is 7.08. The van der Waals surface area contributed by atoms with Crippen molar-refractivity contribution < 1.29 is 9.47 Å². The summed E-state index contributed by atoms with van der Waals surface area (Å²) in [5.41, 5.74) is 3.27. The molecule has 0 radical (unpaired) electrons. The molecule has 26 heavy (non-hydrogen) atoms. The maximum atomic E-state index is 5.95. The third-order valence-electron chi connectivity index (χ3n) is 3.90. The van der Waals surface area contributed by atoms with Gasteiger partial charge in [0.15, 0.2) is 11.5 Å². The van der Waals surface area contributed by atoms with Crippen LogP contribution in [0.1, 0.15) is 11.1 Å². The molecule has 1 N–H and O–H groups in total. The molecule has 0 heterocycles. The van der Waals surface area contributed by atoms with Gasteiger partial charge in [0.1, 0.15) is 6.61 Å². The van der Waals surface area contributed by atoms with E-state index in [1.807, 2.05) is 66.7 Å². The van der Waals surface area contributed by atoms with E-state index in [1.54, 1.807) is 7.11 Å². The van der Waals surface area contributed by atoms with Crippen LogP contribution in [0, 0.1) is 0 Å². The van der Waals surface area contributed by atoms with Crippen molar-refractivity contribution in [2.24, 2.45) is 0 Å². The van der Waals surface area contributed by atoms with E-state index in [-0.39, 0.29) is 0 Å². The van der Waals surface area contributed by atoms with E-state index >= 15 is 0 Å². The second kappa shape index (κ2) is 9.10. The first-order chi connectivity index (χ1) is 12.7. The van der Waals surface area contributed by atoms with Gasteiger partial charge in [-0.05, 0) is 47.5 Å². The molecule has 5 heteroatoms. The van der Waals surface area contributed by atoms with Crippen molar-refractivity contribution in [3.63, 3.8) is 0 Å². The Morgan fingerprint density at radius 3 is 2.31 bits per heavy atom. The SMILES string of the molecule is COc1cc(CNc2ccc(Br)cc2)c(Br)cc1OCc1ccccc1. The molecule has 0 aliphatic rings. The fraction of sp³-hybridized carbons (Fsp3) is 0.143. The predicted octanol–water partition coefficient (Wildman–Crippen LogP) is 6.41. The maximum absolute atomic E-state index is 5.95. The highest BCUT2D eigenvalue weighted by Crippen LogP contribution is 2.34. The van der Waals surface area contributed by atoms with Gasteiger partial charge >= 0.3 is 0 Å². The number of nitrogens with one attached hydrogen (secondary N) is 1. The maximum Gasteiger partial charge on any atom is 0.162 e. The fourth-order valence-electron chi connectivity index (χ4n) is 2.49. The molecule has 0 atom stereocenters. The van der Waals surface area contributed by atoms with Gasteiger partial charge in [0.25, 0.3) is 0 Å². The predicted molar refractivity (Wildman–Crippen MR) is 113 cm³/mol. The van der Waals surface area contributed by atoms with Crippen molar-refractivity contribution in [1.29, 1.82) is 0 Å². The molecule has 0 unspecified atom stereocenters. The molecule has 0 aromatic heterocycles. The summed E-state index contributed by atoms with van der Waals surface area (Å²) in [6.45, 7) is 1.18. The molecule has 134 valence electrons. The smallest absolute Gasteiger partial charge is 0.162 e. The van der Waals surface area contributed by atoms with Gasteiger partial charge in [-0.2, -0.15) is 0 Å². The Balaban J connectivity index is 1.70. The van der Waals surface area contributed by atoms with Crippen LogP contribution in [0.25, 0.3) is 0 Å². The molecule has 3 aromatic carbocycles. The van der Waals surface area contributed by atoms with E-state index in [1.165, 1.54) is 0 Å². The highest BCUT2D eigenvalue weighted by Gasteiger charge is 2.11. The summed E-state index contributed by atoms with van der Waals surface area (Å²) in [5, 5.41) is 3.41. The van der Waals surface area contributed by atoms with E-state index in [4.69, 9.17) is 9.47 Å². The number of benzene rings is 3. The third-order valence-corrected chi connectivity index (χ3v) is 5.16. The Bertz CT molecular complexity index is 852. The number of hydrogen-bond acceptors (Lipinski definition) is 3. The van der Waals surface area contributed by atoms with Crippen LogP contribution < -0.4 is 14.8 Å². The van der Waals surface area contributed by atoms with E-state index in [0.29, 0.717) is 13.2 Å². The van der Waals surface area contributed by atoms with E-state index in [2.05, 4.69) is 37.2 Å². The Kier molecular flexibility index (Phi) is 6.58. The minimum Gasteiger partial charge on any atom is -0.493 e. The summed E-state index contributed by atoms with van der Waals surface area (Å²) < 4.78 is 13.5. The summed E-state index contributed by atoms with van der Waals surface area (Å²) in [5.74, 6) is 1.44. The van der Waals surface area contributed by atoms with Crippen LogP contribution in [0.4, 0.5) is 5.69 Å². The highest BCUT2D eigenvalue weighted by molar-refractivity contribution is 9.10. The Morgan fingerprint density at radius 1 is 0.885 bits per heavy atom. The van der Waals surface area contributed by atoms with Crippen LogP contribution in [0.2, 0.25) is 0 Å². The minimum atomic E-state index is 0.500. The zero-order valence-corrected chi connectivity index (χ0v) is 17.5. The minimum absolute atomic E-state index is 0.500. The van der Waals surface area contributed by atoms with Crippen molar-refractivity contribution in [2.75, 3.05) is 12.4 Å². The van der Waals surface area contributed by atoms with Crippen LogP contribution in [-0.2, 0) is 13.2 Å². The van der Waals surface area contributed by atoms with Gasteiger partial charge in [0.2, 0.25) is 0 Å². The Morgan fingerprint density at radius 2 is 1.62 bits per heavy atom. The average molecular weight is 477 g/mol. The lowest BCUT2D eigenvalue weighted by Crippen LogP contribution is -2.03. The normalized spacial score (nSPS) is 10.4. The molecule has 0 amide bonds. The van der Waals surface area contributed by atoms with Crippen molar-refractivity contribution in [3.05, 3.63) is 86.8 Å². The molecule has 3 rings (SSSR count). The van der Waals surface area contributed by atoms with Gasteiger partial charge in [-0.25, -0.2) is 0 Å². The number of methoxy groups -OCH3 is 1. The zero-order chi connectivity index (χ0) is 18.4. The first-order valence-electron chi connectivity index (χ1n) is 8.18. The monoisotopic (exact) mass is 475 g/mol. The van der Waals surface area contributed by atoms with Crippen molar-refractivity contribution >= 4 is 37.5 Å². The average Bonchev–Trinajstić information content (AvgIpc) is 2.67. The van der Waals surface area contributed by atoms with Gasteiger partial charge in [0, 0.05) is 21.2 Å². The molecule has 0 aliphatic carbocycles. The topological polar surface area (TPSA) is 30.5 Å². The van der Waals surface area contributed by atoms with Crippen LogP contribution in [-0.4, -0.2) is 7.11 Å². The van der Waals surface area contributed by atoms with Gasteiger partial charge in [-0.1, -0.05) is 62.2 Å². The molecule has 0 fully saturated rings. The highest BCUT2D eigenvalue weighted by atomic mass is 79.9. The molecular weight excluding hydrogens is 458 g/mol. The summed E-state index contributed by atoms with van der Waals surface area (Å²) in [6, 6.07) is 22.1. The van der Waals surface area contributed by atoms with Crippen LogP contribution in [0.15, 0.2) is 75.7 Å². The summed E-state index contributed by atoms with van der Waals surface area (Å²) in [4.78, 5) is 0. The molecule has 0 saturated carbocycles. The van der Waals surface area contributed by atoms with Crippen molar-refractivity contribution in [3.8, 4) is 11.5 Å². The van der Waals surface area contributed by atoms with Crippen molar-refractivity contribution in [1.82, 2.24) is 0 Å². The summed E-state index contributed by atoms with van der Waals surface area (Å²) in [7, 11) is 1.66. The third kappa shape index (κ3) is 5.02. The van der Waals surface area contributed by atoms with Gasteiger partial charge in [-0.3, -0.25) is 0 Å². The standard InChI is InChI=1S/C21H19Br2NO2/c1-25-20-11-16(13-24-18-9-7-17(22)8-10-18)19(23)12-21(20)26-14-15-5-3-2-4-6-15/h2-12,24H,13-14H2,1H3. The van der Waals surface area contributed by atoms with Gasteiger partial charge in [-0.15, -0.1) is 0 Å². The van der Waals surface area contributed by atoms with E-state index < -0.39 is 0 Å². The lowest BCUT2D eigenvalue weighted by molar-refractivity contribution is 0.284. The number of anilines is 1. The quantitative estimate of drug-likeness (QED) is 0.427. The fourth-order valence-corrected chi connectivity index (χ4v) is 3.21. The molecule has 0 bridgehead atoms. The number of rotatable bonds is 7. The molecule has 0 spiro atoms. The van der Waals surface area contributed by atoms with Crippen LogP contribution >= 0.6 is 31.9 Å². The number of hydrogen-bond donors (Lipinski definition) is 1. The first kappa shape index (κ1) is 18.8. The number of halogens is 2. The second-order valence-electron chi connectivity index (χ2n) is 5.73. The molecule has 0 aliphatic heterocycles. The number of ether oxygens (including phenoxy) is 2. The lowest BCUT2D eigenvalue weighted by atomic mass is 10.2. The molecule has 3 aromatic rings. The molecule has 3 nitrogen and oxygen atoms in total. The van der Waals surface area contributed by atoms with E-state index in [0.717, 1.165) is 37.3 Å². The lowest BCUT2D eigenvalue weighted by Gasteiger charge is -2.15. The second-order valence-corrected chi connectivity index (χ2v) is 7.50. The Labute approximate surface area is 170 Å². The van der Waals surface area contributed by atoms with Gasteiger partial charge < -0.3 is 14.8 Å². The molecular formula is C21H19Br2NO2. The van der Waals surface area contributed by atoms with Crippen LogP contribution in [0.5, 0.6) is 11.5 Å². The molecule has 0 saturated heterocycles. The largest absolute Gasteiger partial charge is 0.493 e. The zero-order valence-electron chi connectivity index (χ0n) is 14.3. The van der Waals surface area contributed by atoms with E-state index in [9.17, 15) is 0 Å².